The van der Waals surface area contributed by atoms with Crippen LogP contribution in [0.3, 0.4) is 0 Å². The monoisotopic (exact) mass is 637 g/mol. The van der Waals surface area contributed by atoms with Crippen LogP contribution >= 0.6 is 0 Å². The Labute approximate surface area is 291 Å². The molecule has 0 unspecified atom stereocenters. The summed E-state index contributed by atoms with van der Waals surface area (Å²) in [7, 11) is 0. The molecule has 9 aromatic rings. The van der Waals surface area contributed by atoms with E-state index in [1.807, 2.05) is 30.5 Å². The van der Waals surface area contributed by atoms with E-state index in [0.717, 1.165) is 44.5 Å². The molecule has 0 aliphatic rings. The van der Waals surface area contributed by atoms with Crippen molar-refractivity contribution >= 4 is 21.7 Å². The quantitative estimate of drug-likeness (QED) is 0.182. The Bertz CT molecular complexity index is 2600. The lowest BCUT2D eigenvalue weighted by Gasteiger charge is -2.11. The van der Waals surface area contributed by atoms with Crippen molar-refractivity contribution in [1.82, 2.24) is 15.0 Å². The Morgan fingerprint density at radius 3 is 1.52 bits per heavy atom. The zero-order chi connectivity index (χ0) is 33.3. The highest BCUT2D eigenvalue weighted by atomic mass is 14.9. The molecule has 50 heavy (non-hydrogen) atoms. The lowest BCUT2D eigenvalue weighted by Crippen LogP contribution is -1.96. The Morgan fingerprint density at radius 1 is 0.320 bits per heavy atom. The Morgan fingerprint density at radius 2 is 0.820 bits per heavy atom. The number of nitrogens with zero attached hydrogens (tertiary/aromatic N) is 3. The molecule has 0 fully saturated rings. The number of fused-ring (bicyclic) bond motifs is 2. The first-order chi connectivity index (χ1) is 24.8. The fourth-order valence-corrected chi connectivity index (χ4v) is 6.79. The SMILES string of the molecule is c1ccc(-c2cc(-c3ccc(-c4ccc(-c5cccc6ncccc56)cc4)cc3)nc(-c3ccc(-c4cccc5ccccc45)cc3)n2)cc1. The third kappa shape index (κ3) is 5.61. The lowest BCUT2D eigenvalue weighted by atomic mass is 9.97. The van der Waals surface area contributed by atoms with Crippen molar-refractivity contribution in [3.63, 3.8) is 0 Å². The minimum atomic E-state index is 0.703. The van der Waals surface area contributed by atoms with E-state index in [4.69, 9.17) is 9.97 Å². The normalized spacial score (nSPS) is 11.2. The van der Waals surface area contributed by atoms with Gasteiger partial charge >= 0.3 is 0 Å². The van der Waals surface area contributed by atoms with Crippen LogP contribution in [0.15, 0.2) is 188 Å². The molecule has 234 valence electrons. The van der Waals surface area contributed by atoms with Gasteiger partial charge in [-0.1, -0.05) is 164 Å². The van der Waals surface area contributed by atoms with Gasteiger partial charge in [-0.2, -0.15) is 0 Å². The minimum absolute atomic E-state index is 0.703. The van der Waals surface area contributed by atoms with Gasteiger partial charge in [-0.05, 0) is 62.4 Å². The molecule has 0 radical (unpaired) electrons. The van der Waals surface area contributed by atoms with Gasteiger partial charge in [0.1, 0.15) is 0 Å². The molecule has 0 atom stereocenters. The van der Waals surface area contributed by atoms with Crippen molar-refractivity contribution in [2.45, 2.75) is 0 Å². The maximum absolute atomic E-state index is 5.11. The highest BCUT2D eigenvalue weighted by Crippen LogP contribution is 2.34. The van der Waals surface area contributed by atoms with Crippen LogP contribution in [-0.2, 0) is 0 Å². The van der Waals surface area contributed by atoms with Crippen LogP contribution in [0.4, 0.5) is 0 Å². The number of aromatic nitrogens is 3. The zero-order valence-corrected chi connectivity index (χ0v) is 27.2. The van der Waals surface area contributed by atoms with E-state index in [1.54, 1.807) is 0 Å². The van der Waals surface area contributed by atoms with Gasteiger partial charge in [0, 0.05) is 28.3 Å². The third-order valence-corrected chi connectivity index (χ3v) is 9.40. The van der Waals surface area contributed by atoms with E-state index in [0.29, 0.717) is 5.82 Å². The molecule has 2 heterocycles. The maximum Gasteiger partial charge on any atom is 0.160 e. The van der Waals surface area contributed by atoms with E-state index < -0.39 is 0 Å². The molecule has 9 rings (SSSR count). The summed E-state index contributed by atoms with van der Waals surface area (Å²) >= 11 is 0. The summed E-state index contributed by atoms with van der Waals surface area (Å²) in [6.07, 6.45) is 1.84. The van der Waals surface area contributed by atoms with Gasteiger partial charge in [0.05, 0.1) is 16.9 Å². The highest BCUT2D eigenvalue weighted by molar-refractivity contribution is 5.97. The number of pyridine rings is 1. The van der Waals surface area contributed by atoms with Crippen LogP contribution in [0.25, 0.3) is 89.0 Å². The van der Waals surface area contributed by atoms with Gasteiger partial charge in [-0.3, -0.25) is 4.98 Å². The van der Waals surface area contributed by atoms with E-state index in [9.17, 15) is 0 Å². The highest BCUT2D eigenvalue weighted by Gasteiger charge is 2.12. The van der Waals surface area contributed by atoms with Crippen molar-refractivity contribution in [2.75, 3.05) is 0 Å². The smallest absolute Gasteiger partial charge is 0.160 e. The van der Waals surface area contributed by atoms with Crippen molar-refractivity contribution < 1.29 is 0 Å². The second-order valence-electron chi connectivity index (χ2n) is 12.5. The standard InChI is InChI=1S/C47H31N3/c1-2-10-37(11-3-1)45-31-46(50-47(49-45)39-28-24-35(25-29-39)41-14-6-12-34-9-4-5-13-40(34)41)38-26-20-33(21-27-38)32-18-22-36(23-19-32)42-15-7-17-44-43(42)16-8-30-48-44/h1-31H. The molecule has 0 saturated carbocycles. The van der Waals surface area contributed by atoms with Crippen LogP contribution in [0, 0.1) is 0 Å². The first-order valence-corrected chi connectivity index (χ1v) is 16.8. The van der Waals surface area contributed by atoms with E-state index in [-0.39, 0.29) is 0 Å². The van der Waals surface area contributed by atoms with Crippen molar-refractivity contribution in [3.05, 3.63) is 188 Å². The topological polar surface area (TPSA) is 38.7 Å². The van der Waals surface area contributed by atoms with Gasteiger partial charge in [0.15, 0.2) is 5.82 Å². The third-order valence-electron chi connectivity index (χ3n) is 9.40. The Hall–Kier alpha value is -6.71. The fraction of sp³-hybridized carbons (Fsp3) is 0. The molecule has 0 aliphatic carbocycles. The second kappa shape index (κ2) is 12.7. The first kappa shape index (κ1) is 29.4. The number of hydrogen-bond acceptors (Lipinski definition) is 3. The fourth-order valence-electron chi connectivity index (χ4n) is 6.79. The molecule has 7 aromatic carbocycles. The van der Waals surface area contributed by atoms with Crippen molar-refractivity contribution in [2.24, 2.45) is 0 Å². The van der Waals surface area contributed by atoms with E-state index in [1.165, 1.54) is 38.6 Å². The van der Waals surface area contributed by atoms with Crippen LogP contribution in [0.2, 0.25) is 0 Å². The number of hydrogen-bond donors (Lipinski definition) is 0. The minimum Gasteiger partial charge on any atom is -0.256 e. The summed E-state index contributed by atoms with van der Waals surface area (Å²) in [6, 6.07) is 63.9. The number of rotatable bonds is 6. The van der Waals surface area contributed by atoms with Gasteiger partial charge in [0.25, 0.3) is 0 Å². The number of benzene rings is 7. The van der Waals surface area contributed by atoms with Crippen LogP contribution in [-0.4, -0.2) is 15.0 Å². The van der Waals surface area contributed by atoms with Crippen molar-refractivity contribution in [3.8, 4) is 67.3 Å². The summed E-state index contributed by atoms with van der Waals surface area (Å²) in [4.78, 5) is 14.7. The summed E-state index contributed by atoms with van der Waals surface area (Å²) in [6.45, 7) is 0. The van der Waals surface area contributed by atoms with Gasteiger partial charge in [-0.25, -0.2) is 9.97 Å². The predicted molar refractivity (Wildman–Crippen MR) is 207 cm³/mol. The summed E-state index contributed by atoms with van der Waals surface area (Å²) in [5.74, 6) is 0.703. The molecule has 0 aliphatic heterocycles. The zero-order valence-electron chi connectivity index (χ0n) is 27.2. The van der Waals surface area contributed by atoms with E-state index >= 15 is 0 Å². The van der Waals surface area contributed by atoms with Gasteiger partial charge in [-0.15, -0.1) is 0 Å². The summed E-state index contributed by atoms with van der Waals surface area (Å²) in [5.41, 5.74) is 12.9. The van der Waals surface area contributed by atoms with Gasteiger partial charge in [0.2, 0.25) is 0 Å². The van der Waals surface area contributed by atoms with Crippen LogP contribution < -0.4 is 0 Å². The molecule has 0 spiro atoms. The molecule has 0 N–H and O–H groups in total. The summed E-state index contributed by atoms with van der Waals surface area (Å²) in [5, 5.41) is 3.64. The molecular weight excluding hydrogens is 607 g/mol. The Kier molecular flexibility index (Phi) is 7.49. The van der Waals surface area contributed by atoms with Crippen molar-refractivity contribution in [1.29, 1.82) is 0 Å². The second-order valence-corrected chi connectivity index (χ2v) is 12.5. The first-order valence-electron chi connectivity index (χ1n) is 16.8. The average Bonchev–Trinajstić information content (AvgIpc) is 3.21. The van der Waals surface area contributed by atoms with Crippen LogP contribution in [0.1, 0.15) is 0 Å². The largest absolute Gasteiger partial charge is 0.256 e. The average molecular weight is 638 g/mol. The van der Waals surface area contributed by atoms with Crippen LogP contribution in [0.5, 0.6) is 0 Å². The van der Waals surface area contributed by atoms with E-state index in [2.05, 4.69) is 163 Å². The lowest BCUT2D eigenvalue weighted by molar-refractivity contribution is 1.18. The molecule has 3 nitrogen and oxygen atoms in total. The molecule has 0 bridgehead atoms. The maximum atomic E-state index is 5.11. The molecule has 2 aromatic heterocycles. The molecule has 0 amide bonds. The predicted octanol–water partition coefficient (Wildman–Crippen LogP) is 12.2. The Balaban J connectivity index is 1.04. The van der Waals surface area contributed by atoms with Gasteiger partial charge < -0.3 is 0 Å². The molecule has 3 heteroatoms. The molecule has 0 saturated heterocycles. The summed E-state index contributed by atoms with van der Waals surface area (Å²) < 4.78 is 0. The molecular formula is C47H31N3.